The molecule has 1 aliphatic heterocycles. The molecule has 0 spiro atoms. The quantitative estimate of drug-likeness (QED) is 0.803. The van der Waals surface area contributed by atoms with Crippen molar-refractivity contribution in [3.05, 3.63) is 35.9 Å². The number of methoxy groups -OCH3 is 1. The van der Waals surface area contributed by atoms with Gasteiger partial charge in [-0.1, -0.05) is 30.3 Å². The van der Waals surface area contributed by atoms with Crippen LogP contribution >= 0.6 is 0 Å². The summed E-state index contributed by atoms with van der Waals surface area (Å²) in [5.41, 5.74) is 0.351. The smallest absolute Gasteiger partial charge is 0.391 e. The average molecular weight is 315 g/mol. The molecule has 1 amide bonds. The monoisotopic (exact) mass is 315 g/mol. The van der Waals surface area contributed by atoms with Gasteiger partial charge in [0, 0.05) is 6.42 Å². The number of rotatable bonds is 4. The molecule has 22 heavy (non-hydrogen) atoms. The highest BCUT2D eigenvalue weighted by molar-refractivity contribution is 5.88. The SMILES string of the molecule is COC(=O)C1CCC(=O)N1C(CC(F)(F)F)c1ccccc1. The fourth-order valence-corrected chi connectivity index (χ4v) is 2.73. The van der Waals surface area contributed by atoms with E-state index in [2.05, 4.69) is 4.74 Å². The number of hydrogen-bond donors (Lipinski definition) is 0. The van der Waals surface area contributed by atoms with Gasteiger partial charge in [-0.25, -0.2) is 4.79 Å². The van der Waals surface area contributed by atoms with Crippen molar-refractivity contribution in [2.24, 2.45) is 0 Å². The van der Waals surface area contributed by atoms with E-state index < -0.39 is 36.6 Å². The largest absolute Gasteiger partial charge is 0.467 e. The number of carbonyl (C=O) groups excluding carboxylic acids is 2. The third-order valence-electron chi connectivity index (χ3n) is 3.67. The molecule has 1 saturated heterocycles. The zero-order valence-electron chi connectivity index (χ0n) is 12.0. The van der Waals surface area contributed by atoms with Crippen LogP contribution in [0.3, 0.4) is 0 Å². The Morgan fingerprint density at radius 1 is 1.36 bits per heavy atom. The van der Waals surface area contributed by atoms with Gasteiger partial charge in [0.15, 0.2) is 0 Å². The van der Waals surface area contributed by atoms with Crippen LogP contribution in [0.1, 0.15) is 30.9 Å². The Bertz CT molecular complexity index is 545. The van der Waals surface area contributed by atoms with E-state index in [1.165, 1.54) is 12.1 Å². The van der Waals surface area contributed by atoms with Gasteiger partial charge in [0.2, 0.25) is 5.91 Å². The lowest BCUT2D eigenvalue weighted by Crippen LogP contribution is -2.43. The van der Waals surface area contributed by atoms with Gasteiger partial charge in [0.25, 0.3) is 0 Å². The molecule has 0 saturated carbocycles. The van der Waals surface area contributed by atoms with E-state index in [0.717, 1.165) is 12.0 Å². The third kappa shape index (κ3) is 3.58. The Hall–Kier alpha value is -2.05. The van der Waals surface area contributed by atoms with Crippen LogP contribution < -0.4 is 0 Å². The number of hydrogen-bond acceptors (Lipinski definition) is 3. The fraction of sp³-hybridized carbons (Fsp3) is 0.467. The van der Waals surface area contributed by atoms with Crippen LogP contribution in [0.15, 0.2) is 30.3 Å². The summed E-state index contributed by atoms with van der Waals surface area (Å²) in [5, 5.41) is 0. The van der Waals surface area contributed by atoms with Crippen molar-refractivity contribution < 1.29 is 27.5 Å². The van der Waals surface area contributed by atoms with Crippen LogP contribution in [0.4, 0.5) is 13.2 Å². The standard InChI is InChI=1S/C15H16F3NO3/c1-22-14(21)11-7-8-13(20)19(11)12(9-15(16,17)18)10-5-3-2-4-6-10/h2-6,11-12H,7-9H2,1H3. The second kappa shape index (κ2) is 6.37. The summed E-state index contributed by atoms with van der Waals surface area (Å²) >= 11 is 0. The Kier molecular flexibility index (Phi) is 4.73. The minimum atomic E-state index is -4.45. The number of carbonyl (C=O) groups is 2. The lowest BCUT2D eigenvalue weighted by Gasteiger charge is -2.33. The van der Waals surface area contributed by atoms with Crippen molar-refractivity contribution in [1.29, 1.82) is 0 Å². The van der Waals surface area contributed by atoms with E-state index in [1.54, 1.807) is 18.2 Å². The molecule has 1 aliphatic rings. The predicted octanol–water partition coefficient (Wildman–Crippen LogP) is 2.84. The number of benzene rings is 1. The highest BCUT2D eigenvalue weighted by Crippen LogP contribution is 2.38. The molecule has 2 atom stereocenters. The molecule has 1 aromatic rings. The molecule has 2 rings (SSSR count). The zero-order chi connectivity index (χ0) is 16.3. The summed E-state index contributed by atoms with van der Waals surface area (Å²) in [5.74, 6) is -1.15. The number of alkyl halides is 3. The number of ether oxygens (including phenoxy) is 1. The average Bonchev–Trinajstić information content (AvgIpc) is 2.85. The minimum Gasteiger partial charge on any atom is -0.467 e. The van der Waals surface area contributed by atoms with Gasteiger partial charge in [-0.2, -0.15) is 13.2 Å². The van der Waals surface area contributed by atoms with Gasteiger partial charge in [-0.15, -0.1) is 0 Å². The van der Waals surface area contributed by atoms with E-state index in [1.807, 2.05) is 0 Å². The van der Waals surface area contributed by atoms with Crippen molar-refractivity contribution in [3.8, 4) is 0 Å². The van der Waals surface area contributed by atoms with E-state index in [-0.39, 0.29) is 12.8 Å². The lowest BCUT2D eigenvalue weighted by atomic mass is 10.0. The minimum absolute atomic E-state index is 0.0426. The molecule has 1 aromatic carbocycles. The Labute approximate surface area is 125 Å². The molecule has 1 fully saturated rings. The van der Waals surface area contributed by atoms with Crippen LogP contribution in [0, 0.1) is 0 Å². The van der Waals surface area contributed by atoms with Crippen LogP contribution in [0.2, 0.25) is 0 Å². The molecule has 0 N–H and O–H groups in total. The maximum atomic E-state index is 12.9. The Balaban J connectivity index is 2.38. The second-order valence-corrected chi connectivity index (χ2v) is 5.12. The number of nitrogens with zero attached hydrogens (tertiary/aromatic N) is 1. The Morgan fingerprint density at radius 2 is 2.00 bits per heavy atom. The van der Waals surface area contributed by atoms with Crippen LogP contribution in [0.25, 0.3) is 0 Å². The predicted molar refractivity (Wildman–Crippen MR) is 71.7 cm³/mol. The maximum absolute atomic E-state index is 12.9. The number of esters is 1. The highest BCUT2D eigenvalue weighted by Gasteiger charge is 2.45. The molecule has 0 bridgehead atoms. The summed E-state index contributed by atoms with van der Waals surface area (Å²) in [6.45, 7) is 0. The molecule has 1 heterocycles. The Morgan fingerprint density at radius 3 is 2.55 bits per heavy atom. The number of likely N-dealkylation sites (tertiary alicyclic amines) is 1. The van der Waals surface area contributed by atoms with E-state index >= 15 is 0 Å². The summed E-state index contributed by atoms with van der Waals surface area (Å²) in [4.78, 5) is 24.9. The van der Waals surface area contributed by atoms with Gasteiger partial charge in [-0.05, 0) is 12.0 Å². The van der Waals surface area contributed by atoms with Crippen molar-refractivity contribution >= 4 is 11.9 Å². The number of halogens is 3. The van der Waals surface area contributed by atoms with E-state index in [9.17, 15) is 22.8 Å². The summed E-state index contributed by atoms with van der Waals surface area (Å²) in [6, 6.07) is 5.74. The molecule has 0 aromatic heterocycles. The lowest BCUT2D eigenvalue weighted by molar-refractivity contribution is -0.163. The highest BCUT2D eigenvalue weighted by atomic mass is 19.4. The normalized spacial score (nSPS) is 20.1. The first-order valence-corrected chi connectivity index (χ1v) is 6.84. The van der Waals surface area contributed by atoms with Gasteiger partial charge in [0.1, 0.15) is 6.04 Å². The van der Waals surface area contributed by atoms with E-state index in [4.69, 9.17) is 0 Å². The van der Waals surface area contributed by atoms with Crippen LogP contribution in [0.5, 0.6) is 0 Å². The summed E-state index contributed by atoms with van der Waals surface area (Å²) in [7, 11) is 1.16. The molecule has 4 nitrogen and oxygen atoms in total. The summed E-state index contributed by atoms with van der Waals surface area (Å²) < 4.78 is 43.4. The van der Waals surface area contributed by atoms with Crippen molar-refractivity contribution in [1.82, 2.24) is 4.90 Å². The third-order valence-corrected chi connectivity index (χ3v) is 3.67. The molecule has 7 heteroatoms. The van der Waals surface area contributed by atoms with Gasteiger partial charge in [-0.3, -0.25) is 4.79 Å². The topological polar surface area (TPSA) is 46.6 Å². The summed E-state index contributed by atoms with van der Waals surface area (Å²) in [6.07, 6.45) is -5.44. The molecular formula is C15H16F3NO3. The molecule has 0 aliphatic carbocycles. The molecular weight excluding hydrogens is 299 g/mol. The number of amides is 1. The maximum Gasteiger partial charge on any atom is 0.391 e. The van der Waals surface area contributed by atoms with Gasteiger partial charge < -0.3 is 9.64 Å². The first kappa shape index (κ1) is 16.3. The van der Waals surface area contributed by atoms with Gasteiger partial charge in [0.05, 0.1) is 19.6 Å². The first-order chi connectivity index (χ1) is 10.3. The van der Waals surface area contributed by atoms with Gasteiger partial charge >= 0.3 is 12.1 Å². The zero-order valence-corrected chi connectivity index (χ0v) is 12.0. The fourth-order valence-electron chi connectivity index (χ4n) is 2.73. The first-order valence-electron chi connectivity index (χ1n) is 6.84. The van der Waals surface area contributed by atoms with Crippen LogP contribution in [-0.2, 0) is 14.3 Å². The molecule has 120 valence electrons. The van der Waals surface area contributed by atoms with Crippen LogP contribution in [-0.4, -0.2) is 36.1 Å². The second-order valence-electron chi connectivity index (χ2n) is 5.12. The van der Waals surface area contributed by atoms with E-state index in [0.29, 0.717) is 5.56 Å². The van der Waals surface area contributed by atoms with Crippen molar-refractivity contribution in [2.45, 2.75) is 37.5 Å². The molecule has 2 unspecified atom stereocenters. The molecule has 0 radical (unpaired) electrons. The van der Waals surface area contributed by atoms with Crippen molar-refractivity contribution in [2.75, 3.05) is 7.11 Å². The van der Waals surface area contributed by atoms with Crippen molar-refractivity contribution in [3.63, 3.8) is 0 Å².